The minimum Gasteiger partial charge on any atom is -0.460 e. The maximum Gasteiger partial charge on any atom is 0.486 e. The van der Waals surface area contributed by atoms with Crippen LogP contribution in [0.15, 0.2) is 12.2 Å². The van der Waals surface area contributed by atoms with Crippen LogP contribution in [0.4, 0.5) is 13.2 Å². The van der Waals surface area contributed by atoms with Gasteiger partial charge in [-0.2, -0.15) is 17.5 Å². The predicted octanol–water partition coefficient (Wildman–Crippen LogP) is 1.16. The summed E-state index contributed by atoms with van der Waals surface area (Å²) in [6, 6.07) is 0. The number of aliphatic hydroxyl groups is 1. The summed E-state index contributed by atoms with van der Waals surface area (Å²) in [4.78, 5) is 11.8. The van der Waals surface area contributed by atoms with E-state index in [0.29, 0.717) is 4.74 Å². The number of aliphatic hydroxyl groups excluding tert-OH is 1. The van der Waals surface area contributed by atoms with Gasteiger partial charge in [-0.05, 0) is 0 Å². The fraction of sp³-hybridized carbons (Fsp3) is 0.556. The Hall–Kier alpha value is -1.22. The SMILES string of the molecule is O=C1C2C3C=CC(O3)C2C(O)=[N+]1OSC(F)(F)F. The predicted molar refractivity (Wildman–Crippen MR) is 52.4 cm³/mol. The van der Waals surface area contributed by atoms with Crippen molar-refractivity contribution < 1.29 is 36.8 Å². The summed E-state index contributed by atoms with van der Waals surface area (Å²) in [7, 11) is 0. The van der Waals surface area contributed by atoms with Crippen LogP contribution in [-0.4, -0.2) is 39.4 Å². The molecule has 3 rings (SSSR count). The van der Waals surface area contributed by atoms with Gasteiger partial charge in [0, 0.05) is 0 Å². The highest BCUT2D eigenvalue weighted by atomic mass is 32.2. The number of rotatable bonds is 2. The highest BCUT2D eigenvalue weighted by molar-refractivity contribution is 7.95. The third-order valence-corrected chi connectivity index (χ3v) is 3.51. The monoisotopic (exact) mass is 282 g/mol. The summed E-state index contributed by atoms with van der Waals surface area (Å²) in [6.45, 7) is 0. The van der Waals surface area contributed by atoms with E-state index in [0.717, 1.165) is 0 Å². The number of alkyl halides is 3. The van der Waals surface area contributed by atoms with E-state index in [4.69, 9.17) is 4.74 Å². The van der Waals surface area contributed by atoms with E-state index in [2.05, 4.69) is 4.28 Å². The van der Waals surface area contributed by atoms with E-state index < -0.39 is 53.4 Å². The minimum absolute atomic E-state index is 0.309. The Kier molecular flexibility index (Phi) is 2.39. The topological polar surface area (TPSA) is 58.8 Å². The molecule has 2 bridgehead atoms. The Morgan fingerprint density at radius 3 is 2.50 bits per heavy atom. The molecule has 1 amide bonds. The van der Waals surface area contributed by atoms with Gasteiger partial charge in [0.15, 0.2) is 0 Å². The van der Waals surface area contributed by atoms with Gasteiger partial charge in [0.25, 0.3) is 12.0 Å². The summed E-state index contributed by atoms with van der Waals surface area (Å²) < 4.78 is 45.9. The number of carbonyl (C=O) groups excluding carboxylic acids is 1. The van der Waals surface area contributed by atoms with Crippen molar-refractivity contribution in [2.45, 2.75) is 17.7 Å². The Balaban J connectivity index is 1.82. The average Bonchev–Trinajstić information content (AvgIpc) is 2.90. The molecular formula is C9H7F3NO4S+. The molecule has 0 aromatic heterocycles. The summed E-state index contributed by atoms with van der Waals surface area (Å²) >= 11 is -0.837. The van der Waals surface area contributed by atoms with Gasteiger partial charge in [0.2, 0.25) is 0 Å². The second-order valence-corrected chi connectivity index (χ2v) is 4.87. The van der Waals surface area contributed by atoms with Crippen molar-refractivity contribution in [1.82, 2.24) is 0 Å². The number of amides is 1. The standard InChI is InChI=1S/C9H6F3NO4S/c10-9(11,12)18-17-13-7(14)5-3-1-2-4(16-3)6(5)8(13)15/h1-6H/p+1. The number of carbonyl (C=O) groups is 1. The largest absolute Gasteiger partial charge is 0.486 e. The van der Waals surface area contributed by atoms with Gasteiger partial charge in [-0.3, -0.25) is 0 Å². The van der Waals surface area contributed by atoms with Crippen LogP contribution in [0.3, 0.4) is 0 Å². The zero-order chi connectivity index (χ0) is 13.1. The zero-order valence-electron chi connectivity index (χ0n) is 8.63. The molecule has 4 unspecified atom stereocenters. The second-order valence-electron chi connectivity index (χ2n) is 4.10. The zero-order valence-corrected chi connectivity index (χ0v) is 9.44. The van der Waals surface area contributed by atoms with Crippen LogP contribution in [0, 0.1) is 11.8 Å². The molecule has 0 aromatic rings. The first kappa shape index (κ1) is 11.8. The molecule has 18 heavy (non-hydrogen) atoms. The third kappa shape index (κ3) is 1.61. The van der Waals surface area contributed by atoms with Gasteiger partial charge >= 0.3 is 17.3 Å². The number of hydrogen-bond acceptors (Lipinski definition) is 4. The van der Waals surface area contributed by atoms with Crippen molar-refractivity contribution in [3.8, 4) is 0 Å². The molecule has 0 radical (unpaired) electrons. The van der Waals surface area contributed by atoms with E-state index in [9.17, 15) is 23.1 Å². The van der Waals surface area contributed by atoms with Gasteiger partial charge in [-0.15, -0.1) is 0 Å². The molecule has 3 aliphatic heterocycles. The maximum atomic E-state index is 12.0. The molecule has 1 fully saturated rings. The second kappa shape index (κ2) is 3.64. The molecule has 0 aromatic carbocycles. The lowest BCUT2D eigenvalue weighted by Gasteiger charge is -2.07. The summed E-state index contributed by atoms with van der Waals surface area (Å²) in [6.07, 6.45) is 2.36. The first-order chi connectivity index (χ1) is 8.38. The number of fused-ring (bicyclic) bond motifs is 5. The number of hydrogen-bond donors (Lipinski definition) is 1. The van der Waals surface area contributed by atoms with Crippen LogP contribution in [0.25, 0.3) is 0 Å². The first-order valence-corrected chi connectivity index (χ1v) is 5.79. The van der Waals surface area contributed by atoms with Gasteiger partial charge in [0.05, 0.1) is 12.2 Å². The smallest absolute Gasteiger partial charge is 0.460 e. The summed E-state index contributed by atoms with van der Waals surface area (Å²) in [5, 5.41) is 9.75. The molecule has 0 aliphatic carbocycles. The van der Waals surface area contributed by atoms with Crippen molar-refractivity contribution in [2.75, 3.05) is 0 Å². The fourth-order valence-electron chi connectivity index (χ4n) is 2.45. The van der Waals surface area contributed by atoms with Crippen LogP contribution in [0.2, 0.25) is 0 Å². The highest BCUT2D eigenvalue weighted by Crippen LogP contribution is 2.44. The number of ether oxygens (including phenoxy) is 1. The summed E-state index contributed by atoms with van der Waals surface area (Å²) in [5.41, 5.74) is -4.65. The Morgan fingerprint density at radius 1 is 1.33 bits per heavy atom. The molecule has 0 spiro atoms. The van der Waals surface area contributed by atoms with Crippen LogP contribution < -0.4 is 0 Å². The van der Waals surface area contributed by atoms with E-state index >= 15 is 0 Å². The lowest BCUT2D eigenvalue weighted by Crippen LogP contribution is -2.29. The van der Waals surface area contributed by atoms with E-state index in [1.165, 1.54) is 0 Å². The number of hydroxylamine groups is 1. The van der Waals surface area contributed by atoms with Crippen molar-refractivity contribution in [1.29, 1.82) is 0 Å². The molecule has 3 heterocycles. The molecule has 3 aliphatic rings. The Labute approximate surface area is 103 Å². The van der Waals surface area contributed by atoms with E-state index in [-0.39, 0.29) is 0 Å². The van der Waals surface area contributed by atoms with E-state index in [1.807, 2.05) is 0 Å². The van der Waals surface area contributed by atoms with Gasteiger partial charge in [-0.25, -0.2) is 4.79 Å². The van der Waals surface area contributed by atoms with Crippen LogP contribution >= 0.6 is 12.0 Å². The lowest BCUT2D eigenvalue weighted by atomic mass is 9.85. The highest BCUT2D eigenvalue weighted by Gasteiger charge is 2.65. The molecule has 9 heteroatoms. The molecule has 1 saturated heterocycles. The summed E-state index contributed by atoms with van der Waals surface area (Å²) in [5.74, 6) is -2.60. The van der Waals surface area contributed by atoms with Gasteiger partial charge in [0.1, 0.15) is 16.6 Å². The van der Waals surface area contributed by atoms with Crippen molar-refractivity contribution in [3.63, 3.8) is 0 Å². The molecule has 0 saturated carbocycles. The lowest BCUT2D eigenvalue weighted by molar-refractivity contribution is -0.673. The van der Waals surface area contributed by atoms with Crippen LogP contribution in [0.5, 0.6) is 0 Å². The minimum atomic E-state index is -4.65. The molecule has 1 N–H and O–H groups in total. The quantitative estimate of drug-likeness (QED) is 0.468. The normalized spacial score (nSPS) is 37.6. The maximum absolute atomic E-state index is 12.0. The first-order valence-electron chi connectivity index (χ1n) is 5.04. The molecule has 4 atom stereocenters. The Bertz CT molecular complexity index is 475. The van der Waals surface area contributed by atoms with Gasteiger partial charge < -0.3 is 9.84 Å². The molecular weight excluding hydrogens is 275 g/mol. The molecule has 98 valence electrons. The average molecular weight is 282 g/mol. The van der Waals surface area contributed by atoms with Gasteiger partial charge in [-0.1, -0.05) is 12.2 Å². The van der Waals surface area contributed by atoms with Crippen LogP contribution in [0.1, 0.15) is 0 Å². The van der Waals surface area contributed by atoms with Crippen molar-refractivity contribution in [2.24, 2.45) is 11.8 Å². The number of halogens is 3. The van der Waals surface area contributed by atoms with E-state index in [1.54, 1.807) is 12.2 Å². The Morgan fingerprint density at radius 2 is 1.94 bits per heavy atom. The fourth-order valence-corrected chi connectivity index (χ4v) is 2.76. The van der Waals surface area contributed by atoms with Crippen LogP contribution in [-0.2, 0) is 13.8 Å². The van der Waals surface area contributed by atoms with Crippen molar-refractivity contribution >= 4 is 23.8 Å². The number of nitrogens with zero attached hydrogens (tertiary/aromatic N) is 1. The van der Waals surface area contributed by atoms with Crippen molar-refractivity contribution in [3.05, 3.63) is 12.2 Å². The third-order valence-electron chi connectivity index (χ3n) is 3.10. The molecule has 5 nitrogen and oxygen atoms in total.